The van der Waals surface area contributed by atoms with E-state index in [2.05, 4.69) is 15.6 Å². The smallest absolute Gasteiger partial charge is 0.257 e. The number of pyridine rings is 1. The fourth-order valence-electron chi connectivity index (χ4n) is 2.88. The maximum absolute atomic E-state index is 13.5. The molecule has 0 spiro atoms. The molecule has 0 bridgehead atoms. The van der Waals surface area contributed by atoms with Gasteiger partial charge in [0.25, 0.3) is 5.91 Å². The summed E-state index contributed by atoms with van der Waals surface area (Å²) < 4.78 is 53.4. The van der Waals surface area contributed by atoms with E-state index < -0.39 is 33.1 Å². The van der Waals surface area contributed by atoms with Crippen LogP contribution in [0.2, 0.25) is 0 Å². The van der Waals surface area contributed by atoms with E-state index in [0.29, 0.717) is 18.9 Å². The number of nitrogens with zero attached hydrogens (tertiary/aromatic N) is 2. The Bertz CT molecular complexity index is 926. The first-order chi connectivity index (χ1) is 13.4. The molecule has 0 unspecified atom stereocenters. The van der Waals surface area contributed by atoms with E-state index >= 15 is 0 Å². The third kappa shape index (κ3) is 4.45. The van der Waals surface area contributed by atoms with Crippen molar-refractivity contribution in [3.63, 3.8) is 0 Å². The van der Waals surface area contributed by atoms with E-state index in [4.69, 9.17) is 0 Å². The third-order valence-electron chi connectivity index (χ3n) is 4.35. The number of amides is 1. The standard InChI is InChI=1S/C18H20F2N4O3S/c19-14-4-3-5-15(20)17(14)18(25)22-9-8-21-16-7-6-13(12-23-16)28(26,27)24-10-1-2-11-24/h3-7,12H,1-2,8-11H2,(H,21,23)(H,22,25). The van der Waals surface area contributed by atoms with Crippen LogP contribution in [0.5, 0.6) is 0 Å². The van der Waals surface area contributed by atoms with Crippen LogP contribution in [-0.4, -0.2) is 49.8 Å². The highest BCUT2D eigenvalue weighted by molar-refractivity contribution is 7.89. The van der Waals surface area contributed by atoms with Crippen molar-refractivity contribution >= 4 is 21.7 Å². The van der Waals surface area contributed by atoms with E-state index in [-0.39, 0.29) is 18.0 Å². The van der Waals surface area contributed by atoms with Crippen molar-refractivity contribution in [2.45, 2.75) is 17.7 Å². The van der Waals surface area contributed by atoms with Gasteiger partial charge in [-0.2, -0.15) is 4.31 Å². The van der Waals surface area contributed by atoms with Gasteiger partial charge < -0.3 is 10.6 Å². The van der Waals surface area contributed by atoms with E-state index in [1.54, 1.807) is 0 Å². The van der Waals surface area contributed by atoms with Crippen LogP contribution in [-0.2, 0) is 10.0 Å². The average molecular weight is 410 g/mol. The second kappa shape index (κ2) is 8.61. The minimum Gasteiger partial charge on any atom is -0.368 e. The predicted octanol–water partition coefficient (Wildman–Crippen LogP) is 1.99. The van der Waals surface area contributed by atoms with Gasteiger partial charge >= 0.3 is 0 Å². The van der Waals surface area contributed by atoms with Gasteiger partial charge in [0.1, 0.15) is 27.9 Å². The predicted molar refractivity (Wildman–Crippen MR) is 99.4 cm³/mol. The summed E-state index contributed by atoms with van der Waals surface area (Å²) >= 11 is 0. The molecule has 2 N–H and O–H groups in total. The Labute approximate surface area is 161 Å². The molecule has 1 aromatic carbocycles. The molecule has 0 radical (unpaired) electrons. The van der Waals surface area contributed by atoms with Crippen molar-refractivity contribution in [2.75, 3.05) is 31.5 Å². The molecular formula is C18H20F2N4O3S. The molecule has 2 heterocycles. The minimum atomic E-state index is -3.52. The van der Waals surface area contributed by atoms with Crippen molar-refractivity contribution in [2.24, 2.45) is 0 Å². The molecule has 1 aliphatic heterocycles. The Morgan fingerprint density at radius 1 is 1.07 bits per heavy atom. The Morgan fingerprint density at radius 3 is 2.36 bits per heavy atom. The van der Waals surface area contributed by atoms with Crippen LogP contribution in [0.3, 0.4) is 0 Å². The molecule has 28 heavy (non-hydrogen) atoms. The molecule has 1 aromatic heterocycles. The highest BCUT2D eigenvalue weighted by atomic mass is 32.2. The van der Waals surface area contributed by atoms with E-state index in [0.717, 1.165) is 25.0 Å². The molecule has 0 atom stereocenters. The number of nitrogens with one attached hydrogen (secondary N) is 2. The number of sulfonamides is 1. The molecular weight excluding hydrogens is 390 g/mol. The van der Waals surface area contributed by atoms with Crippen molar-refractivity contribution in [1.82, 2.24) is 14.6 Å². The third-order valence-corrected chi connectivity index (χ3v) is 6.23. The van der Waals surface area contributed by atoms with Crippen LogP contribution >= 0.6 is 0 Å². The number of aromatic nitrogens is 1. The number of anilines is 1. The zero-order valence-corrected chi connectivity index (χ0v) is 15.8. The van der Waals surface area contributed by atoms with E-state index in [1.807, 2.05) is 0 Å². The lowest BCUT2D eigenvalue weighted by Gasteiger charge is -2.15. The van der Waals surface area contributed by atoms with Gasteiger partial charge in [-0.3, -0.25) is 4.79 Å². The van der Waals surface area contributed by atoms with Crippen molar-refractivity contribution in [1.29, 1.82) is 0 Å². The van der Waals surface area contributed by atoms with Crippen LogP contribution in [0.15, 0.2) is 41.4 Å². The molecule has 150 valence electrons. The van der Waals surface area contributed by atoms with Gasteiger partial charge in [-0.25, -0.2) is 22.2 Å². The summed E-state index contributed by atoms with van der Waals surface area (Å²) in [6.45, 7) is 1.38. The summed E-state index contributed by atoms with van der Waals surface area (Å²) in [5.41, 5.74) is -0.628. The second-order valence-electron chi connectivity index (χ2n) is 6.27. The van der Waals surface area contributed by atoms with Crippen molar-refractivity contribution in [3.05, 3.63) is 53.7 Å². The van der Waals surface area contributed by atoms with E-state index in [1.165, 1.54) is 28.7 Å². The lowest BCUT2D eigenvalue weighted by Crippen LogP contribution is -2.30. The molecule has 1 fully saturated rings. The molecule has 0 saturated carbocycles. The normalized spacial score (nSPS) is 14.8. The van der Waals surface area contributed by atoms with Crippen molar-refractivity contribution in [3.8, 4) is 0 Å². The van der Waals surface area contributed by atoms with Gasteiger partial charge in [-0.05, 0) is 37.1 Å². The van der Waals surface area contributed by atoms with Gasteiger partial charge in [0.05, 0.1) is 0 Å². The Morgan fingerprint density at radius 2 is 1.75 bits per heavy atom. The summed E-state index contributed by atoms with van der Waals surface area (Å²) in [6, 6.07) is 6.20. The first-order valence-electron chi connectivity index (χ1n) is 8.82. The number of halogens is 2. The first kappa shape index (κ1) is 20.2. The van der Waals surface area contributed by atoms with Gasteiger partial charge in [0.2, 0.25) is 10.0 Å². The van der Waals surface area contributed by atoms with Crippen molar-refractivity contribution < 1.29 is 22.0 Å². The molecule has 7 nitrogen and oxygen atoms in total. The highest BCUT2D eigenvalue weighted by Crippen LogP contribution is 2.20. The zero-order chi connectivity index (χ0) is 20.1. The van der Waals surface area contributed by atoms with Gasteiger partial charge in [-0.15, -0.1) is 0 Å². The summed E-state index contributed by atoms with van der Waals surface area (Å²) in [5, 5.41) is 5.32. The molecule has 2 aromatic rings. The Kier molecular flexibility index (Phi) is 6.20. The quantitative estimate of drug-likeness (QED) is 0.681. The van der Waals surface area contributed by atoms with Crippen LogP contribution < -0.4 is 10.6 Å². The maximum atomic E-state index is 13.5. The lowest BCUT2D eigenvalue weighted by atomic mass is 10.2. The second-order valence-corrected chi connectivity index (χ2v) is 8.21. The lowest BCUT2D eigenvalue weighted by molar-refractivity contribution is 0.0946. The number of carbonyl (C=O) groups is 1. The summed E-state index contributed by atoms with van der Waals surface area (Å²) in [6.07, 6.45) is 2.99. The molecule has 1 saturated heterocycles. The summed E-state index contributed by atoms with van der Waals surface area (Å²) in [4.78, 5) is 16.1. The van der Waals surface area contributed by atoms with Crippen LogP contribution in [0.25, 0.3) is 0 Å². The Hall–Kier alpha value is -2.59. The number of benzene rings is 1. The summed E-state index contributed by atoms with van der Waals surface area (Å²) in [7, 11) is -3.52. The average Bonchev–Trinajstić information content (AvgIpc) is 3.21. The van der Waals surface area contributed by atoms with Gasteiger partial charge in [0, 0.05) is 32.4 Å². The first-order valence-corrected chi connectivity index (χ1v) is 10.3. The van der Waals surface area contributed by atoms with Crippen LogP contribution in [0.4, 0.5) is 14.6 Å². The monoisotopic (exact) mass is 410 g/mol. The number of hydrogen-bond acceptors (Lipinski definition) is 5. The highest BCUT2D eigenvalue weighted by Gasteiger charge is 2.27. The molecule has 1 aliphatic rings. The SMILES string of the molecule is O=C(NCCNc1ccc(S(=O)(=O)N2CCCC2)cn1)c1c(F)cccc1F. The number of carbonyl (C=O) groups excluding carboxylic acids is 1. The topological polar surface area (TPSA) is 91.4 Å². The fraction of sp³-hybridized carbons (Fsp3) is 0.333. The zero-order valence-electron chi connectivity index (χ0n) is 15.0. The molecule has 0 aliphatic carbocycles. The largest absolute Gasteiger partial charge is 0.368 e. The minimum absolute atomic E-state index is 0.0993. The fourth-order valence-corrected chi connectivity index (χ4v) is 4.35. The summed E-state index contributed by atoms with van der Waals surface area (Å²) in [5.74, 6) is -2.28. The van der Waals surface area contributed by atoms with Gasteiger partial charge in [-0.1, -0.05) is 6.07 Å². The maximum Gasteiger partial charge on any atom is 0.257 e. The number of hydrogen-bond donors (Lipinski definition) is 2. The molecule has 3 rings (SSSR count). The van der Waals surface area contributed by atoms with Crippen LogP contribution in [0.1, 0.15) is 23.2 Å². The van der Waals surface area contributed by atoms with E-state index in [9.17, 15) is 22.0 Å². The molecule has 10 heteroatoms. The van der Waals surface area contributed by atoms with Gasteiger partial charge in [0.15, 0.2) is 0 Å². The molecule has 1 amide bonds. The Balaban J connectivity index is 1.51. The van der Waals surface area contributed by atoms with Crippen LogP contribution in [0, 0.1) is 11.6 Å². The number of rotatable bonds is 7.